The van der Waals surface area contributed by atoms with Crippen LogP contribution in [0.3, 0.4) is 0 Å². The average Bonchev–Trinajstić information content (AvgIpc) is 3.40. The quantitative estimate of drug-likeness (QED) is 0.502. The molecule has 0 spiro atoms. The summed E-state index contributed by atoms with van der Waals surface area (Å²) in [5.74, 6) is 1.44. The maximum Gasteiger partial charge on any atom is 0.319 e. The van der Waals surface area contributed by atoms with Gasteiger partial charge in [0.15, 0.2) is 11.3 Å². The van der Waals surface area contributed by atoms with Crippen LogP contribution in [0.25, 0.3) is 16.8 Å². The molecule has 3 aromatic heterocycles. The van der Waals surface area contributed by atoms with Crippen molar-refractivity contribution in [3.63, 3.8) is 0 Å². The van der Waals surface area contributed by atoms with Gasteiger partial charge in [-0.15, -0.1) is 10.2 Å². The van der Waals surface area contributed by atoms with Crippen molar-refractivity contribution < 1.29 is 13.5 Å². The largest absolute Gasteiger partial charge is 0.395 e. The van der Waals surface area contributed by atoms with Crippen LogP contribution in [0.1, 0.15) is 37.9 Å². The van der Waals surface area contributed by atoms with Gasteiger partial charge in [0.05, 0.1) is 18.3 Å². The molecule has 3 N–H and O–H groups in total. The highest BCUT2D eigenvalue weighted by Crippen LogP contribution is 2.43. The molecule has 0 bridgehead atoms. The first-order valence-corrected chi connectivity index (χ1v) is 10.8. The Bertz CT molecular complexity index is 1100. The maximum absolute atomic E-state index is 11.8. The first kappa shape index (κ1) is 19.0. The Kier molecular flexibility index (Phi) is 5.13. The summed E-state index contributed by atoms with van der Waals surface area (Å²) >= 11 is 0. The van der Waals surface area contributed by atoms with Gasteiger partial charge in [0.1, 0.15) is 5.82 Å². The molecule has 11 heteroatoms. The summed E-state index contributed by atoms with van der Waals surface area (Å²) in [5, 5.41) is 17.5. The summed E-state index contributed by atoms with van der Waals surface area (Å²) in [6.07, 6.45) is 7.61. The van der Waals surface area contributed by atoms with Crippen molar-refractivity contribution in [1.82, 2.24) is 29.3 Å². The lowest BCUT2D eigenvalue weighted by Gasteiger charge is -2.16. The van der Waals surface area contributed by atoms with E-state index < -0.39 is 10.2 Å². The smallest absolute Gasteiger partial charge is 0.319 e. The van der Waals surface area contributed by atoms with Crippen molar-refractivity contribution in [2.24, 2.45) is 16.2 Å². The van der Waals surface area contributed by atoms with E-state index in [1.807, 2.05) is 16.7 Å². The molecule has 10 nitrogen and oxygen atoms in total. The number of hydrogen-bond acceptors (Lipinski definition) is 6. The minimum atomic E-state index is -3.77. The molecule has 0 amide bonds. The molecule has 4 rings (SSSR count). The molecule has 28 heavy (non-hydrogen) atoms. The van der Waals surface area contributed by atoms with E-state index in [2.05, 4.69) is 36.2 Å². The average molecular weight is 405 g/mol. The van der Waals surface area contributed by atoms with Crippen LogP contribution in [0, 0.1) is 11.8 Å². The predicted molar refractivity (Wildman–Crippen MR) is 104 cm³/mol. The molecule has 3 aromatic rings. The highest BCUT2D eigenvalue weighted by atomic mass is 32.2. The topological polar surface area (TPSA) is 138 Å². The van der Waals surface area contributed by atoms with Crippen LogP contribution in [-0.4, -0.2) is 57.5 Å². The molecule has 1 saturated carbocycles. The molecule has 1 unspecified atom stereocenters. The Labute approximate surface area is 162 Å². The van der Waals surface area contributed by atoms with Crippen molar-refractivity contribution >= 4 is 33.2 Å². The fourth-order valence-electron chi connectivity index (χ4n) is 4.07. The number of aromatic nitrogens is 5. The second-order valence-electron chi connectivity index (χ2n) is 7.08. The van der Waals surface area contributed by atoms with Crippen LogP contribution >= 0.6 is 0 Å². The number of aliphatic hydroxyl groups is 1. The number of nitrogens with one attached hydrogen (secondary N) is 2. The second kappa shape index (κ2) is 7.57. The van der Waals surface area contributed by atoms with Gasteiger partial charge < -0.3 is 10.1 Å². The SMILES string of the molecule is CC[C@@H]1CC(C=NS(=O)(=O)NCCO)C[C@@H]1c1nnc2cnc3[nH]ccc3n12. The highest BCUT2D eigenvalue weighted by molar-refractivity contribution is 7.88. The molecule has 150 valence electrons. The van der Waals surface area contributed by atoms with Crippen molar-refractivity contribution in [3.05, 3.63) is 24.3 Å². The minimum Gasteiger partial charge on any atom is -0.395 e. The van der Waals surface area contributed by atoms with E-state index in [9.17, 15) is 8.42 Å². The minimum absolute atomic E-state index is 0.0385. The molecule has 1 aliphatic carbocycles. The van der Waals surface area contributed by atoms with E-state index in [4.69, 9.17) is 5.11 Å². The van der Waals surface area contributed by atoms with E-state index in [1.54, 1.807) is 6.20 Å². The summed E-state index contributed by atoms with van der Waals surface area (Å²) in [4.78, 5) is 7.46. The standard InChI is InChI=1S/C17H23N7O3S/c1-2-12-7-11(9-21-28(26,27)20-5-6-25)8-13(12)17-23-22-15-10-19-16-14(24(15)17)3-4-18-16/h3-4,9-13,18,20,25H,2,5-8H2,1H3/t11?,12-,13+/m1/s1. The van der Waals surface area contributed by atoms with E-state index in [-0.39, 0.29) is 25.0 Å². The first-order chi connectivity index (χ1) is 13.5. The number of nitrogens with zero attached hydrogens (tertiary/aromatic N) is 5. The summed E-state index contributed by atoms with van der Waals surface area (Å²) < 4.78 is 31.7. The van der Waals surface area contributed by atoms with Crippen molar-refractivity contribution in [2.75, 3.05) is 13.2 Å². The Morgan fingerprint density at radius 1 is 1.43 bits per heavy atom. The van der Waals surface area contributed by atoms with Crippen molar-refractivity contribution in [3.8, 4) is 0 Å². The lowest BCUT2D eigenvalue weighted by Crippen LogP contribution is -2.25. The first-order valence-electron chi connectivity index (χ1n) is 9.35. The number of H-pyrrole nitrogens is 1. The van der Waals surface area contributed by atoms with Crippen LogP contribution in [0.2, 0.25) is 0 Å². The molecule has 1 fully saturated rings. The van der Waals surface area contributed by atoms with Crippen molar-refractivity contribution in [2.45, 2.75) is 32.1 Å². The lowest BCUT2D eigenvalue weighted by molar-refractivity contribution is 0.301. The van der Waals surface area contributed by atoms with E-state index in [0.717, 1.165) is 36.3 Å². The number of hydrogen-bond donors (Lipinski definition) is 3. The van der Waals surface area contributed by atoms with Crippen LogP contribution < -0.4 is 4.72 Å². The second-order valence-corrected chi connectivity index (χ2v) is 8.52. The van der Waals surface area contributed by atoms with E-state index in [1.165, 1.54) is 6.21 Å². The molecule has 3 heterocycles. The van der Waals surface area contributed by atoms with Gasteiger partial charge in [-0.3, -0.25) is 4.40 Å². The molecule has 0 saturated heterocycles. The summed E-state index contributed by atoms with van der Waals surface area (Å²) in [5.41, 5.74) is 2.41. The Balaban J connectivity index is 1.62. The highest BCUT2D eigenvalue weighted by Gasteiger charge is 2.36. The van der Waals surface area contributed by atoms with Crippen LogP contribution in [0.15, 0.2) is 22.9 Å². The van der Waals surface area contributed by atoms with Gasteiger partial charge in [-0.05, 0) is 30.7 Å². The number of aliphatic hydroxyl groups excluding tert-OH is 1. The normalized spacial score (nSPS) is 23.4. The number of rotatable bonds is 7. The fraction of sp³-hybridized carbons (Fsp3) is 0.529. The number of fused-ring (bicyclic) bond motifs is 3. The zero-order valence-electron chi connectivity index (χ0n) is 15.5. The third kappa shape index (κ3) is 3.52. The zero-order chi connectivity index (χ0) is 19.7. The lowest BCUT2D eigenvalue weighted by atomic mass is 9.93. The van der Waals surface area contributed by atoms with E-state index >= 15 is 0 Å². The van der Waals surface area contributed by atoms with Gasteiger partial charge in [-0.25, -0.2) is 4.98 Å². The summed E-state index contributed by atoms with van der Waals surface area (Å²) in [6.45, 7) is 1.82. The predicted octanol–water partition coefficient (Wildman–Crippen LogP) is 1.02. The van der Waals surface area contributed by atoms with Gasteiger partial charge in [-0.2, -0.15) is 17.5 Å². The molecule has 1 aliphatic rings. The van der Waals surface area contributed by atoms with Gasteiger partial charge in [-0.1, -0.05) is 13.3 Å². The molecular formula is C17H23N7O3S. The summed E-state index contributed by atoms with van der Waals surface area (Å²) in [7, 11) is -3.77. The van der Waals surface area contributed by atoms with Crippen LogP contribution in [0.5, 0.6) is 0 Å². The third-order valence-electron chi connectivity index (χ3n) is 5.36. The van der Waals surface area contributed by atoms with Crippen LogP contribution in [-0.2, 0) is 10.2 Å². The van der Waals surface area contributed by atoms with Crippen molar-refractivity contribution in [1.29, 1.82) is 0 Å². The Morgan fingerprint density at radius 2 is 2.29 bits per heavy atom. The van der Waals surface area contributed by atoms with E-state index in [0.29, 0.717) is 11.6 Å². The molecule has 0 radical (unpaired) electrons. The Hall–Kier alpha value is -2.37. The fourth-order valence-corrected chi connectivity index (χ4v) is 4.83. The molecule has 3 atom stereocenters. The molecule has 0 aliphatic heterocycles. The molecular weight excluding hydrogens is 382 g/mol. The molecule has 0 aromatic carbocycles. The van der Waals surface area contributed by atoms with Gasteiger partial charge in [0, 0.05) is 24.9 Å². The number of aromatic amines is 1. The summed E-state index contributed by atoms with van der Waals surface area (Å²) in [6, 6.07) is 1.95. The zero-order valence-corrected chi connectivity index (χ0v) is 16.3. The van der Waals surface area contributed by atoms with Gasteiger partial charge in [0.2, 0.25) is 0 Å². The van der Waals surface area contributed by atoms with Gasteiger partial charge in [0.25, 0.3) is 0 Å². The maximum atomic E-state index is 11.8. The van der Waals surface area contributed by atoms with Gasteiger partial charge >= 0.3 is 10.2 Å². The third-order valence-corrected chi connectivity index (χ3v) is 6.33. The van der Waals surface area contributed by atoms with Crippen LogP contribution in [0.4, 0.5) is 0 Å². The monoisotopic (exact) mass is 405 g/mol. The Morgan fingerprint density at radius 3 is 3.07 bits per heavy atom.